The summed E-state index contributed by atoms with van der Waals surface area (Å²) in [5.74, 6) is 3.46. The lowest BCUT2D eigenvalue weighted by Crippen LogP contribution is -2.08. The van der Waals surface area contributed by atoms with E-state index in [4.69, 9.17) is 6.42 Å². The van der Waals surface area contributed by atoms with Crippen molar-refractivity contribution >= 4 is 11.8 Å². The molecular formula is C10H12N2OS. The van der Waals surface area contributed by atoms with Gasteiger partial charge in [0.15, 0.2) is 5.16 Å². The fourth-order valence-corrected chi connectivity index (χ4v) is 1.83. The van der Waals surface area contributed by atoms with Gasteiger partial charge in [0.2, 0.25) is 0 Å². The number of hydrogen-bond donors (Lipinski definition) is 1. The molecular weight excluding hydrogens is 196 g/mol. The molecule has 1 rings (SSSR count). The molecule has 0 unspecified atom stereocenters. The lowest BCUT2D eigenvalue weighted by Gasteiger charge is -1.99. The molecule has 1 aromatic rings. The Morgan fingerprint density at radius 1 is 1.71 bits per heavy atom. The van der Waals surface area contributed by atoms with E-state index in [1.807, 2.05) is 0 Å². The van der Waals surface area contributed by atoms with E-state index in [9.17, 15) is 4.79 Å². The number of unbranched alkanes of at least 4 members (excludes halogenated alkanes) is 1. The molecule has 0 aromatic carbocycles. The summed E-state index contributed by atoms with van der Waals surface area (Å²) in [6, 6.07) is 1.48. The largest absolute Gasteiger partial charge is 0.301 e. The van der Waals surface area contributed by atoms with Gasteiger partial charge in [-0.05, 0) is 13.3 Å². The molecule has 14 heavy (non-hydrogen) atoms. The van der Waals surface area contributed by atoms with Gasteiger partial charge >= 0.3 is 0 Å². The predicted molar refractivity (Wildman–Crippen MR) is 58.4 cm³/mol. The molecule has 1 heterocycles. The van der Waals surface area contributed by atoms with Crippen LogP contribution < -0.4 is 5.56 Å². The Morgan fingerprint density at radius 2 is 2.50 bits per heavy atom. The van der Waals surface area contributed by atoms with Crippen molar-refractivity contribution in [2.24, 2.45) is 0 Å². The Hall–Kier alpha value is -1.21. The van der Waals surface area contributed by atoms with Crippen LogP contribution >= 0.6 is 11.8 Å². The minimum absolute atomic E-state index is 0.100. The third kappa shape index (κ3) is 3.67. The molecule has 0 fully saturated rings. The summed E-state index contributed by atoms with van der Waals surface area (Å²) in [5.41, 5.74) is 0.644. The number of hydrogen-bond acceptors (Lipinski definition) is 3. The molecule has 0 aliphatic carbocycles. The topological polar surface area (TPSA) is 45.8 Å². The predicted octanol–water partition coefficient (Wildman–Crippen LogP) is 1.58. The van der Waals surface area contributed by atoms with E-state index in [-0.39, 0.29) is 5.56 Å². The fraction of sp³-hybridized carbons (Fsp3) is 0.400. The highest BCUT2D eigenvalue weighted by Gasteiger charge is 1.97. The summed E-state index contributed by atoms with van der Waals surface area (Å²) in [5, 5.41) is 0.673. The molecule has 1 aromatic heterocycles. The number of terminal acetylenes is 1. The van der Waals surface area contributed by atoms with Gasteiger partial charge in [0.1, 0.15) is 0 Å². The van der Waals surface area contributed by atoms with Crippen LogP contribution in [0.15, 0.2) is 16.0 Å². The van der Waals surface area contributed by atoms with Crippen LogP contribution in [0.3, 0.4) is 0 Å². The maximum absolute atomic E-state index is 11.1. The van der Waals surface area contributed by atoms with Crippen LogP contribution in [0.4, 0.5) is 0 Å². The SMILES string of the molecule is C#CCCCSc1nc(C)cc(=O)[nH]1. The maximum Gasteiger partial charge on any atom is 0.251 e. The molecule has 0 saturated carbocycles. The maximum atomic E-state index is 11.1. The van der Waals surface area contributed by atoms with Crippen molar-refractivity contribution in [3.8, 4) is 12.3 Å². The Balaban J connectivity index is 2.51. The van der Waals surface area contributed by atoms with E-state index < -0.39 is 0 Å². The average molecular weight is 208 g/mol. The third-order valence-electron chi connectivity index (χ3n) is 1.55. The van der Waals surface area contributed by atoms with Gasteiger partial charge in [0.05, 0.1) is 0 Å². The van der Waals surface area contributed by atoms with Gasteiger partial charge in [-0.15, -0.1) is 12.3 Å². The van der Waals surface area contributed by atoms with Gasteiger partial charge in [0.25, 0.3) is 5.56 Å². The van der Waals surface area contributed by atoms with E-state index in [2.05, 4.69) is 15.9 Å². The van der Waals surface area contributed by atoms with Crippen molar-refractivity contribution in [1.82, 2.24) is 9.97 Å². The van der Waals surface area contributed by atoms with Gasteiger partial charge in [-0.25, -0.2) is 4.98 Å². The second-order valence-corrected chi connectivity index (χ2v) is 3.93. The Labute approximate surface area is 87.3 Å². The van der Waals surface area contributed by atoms with Crippen LogP contribution in [0.5, 0.6) is 0 Å². The van der Waals surface area contributed by atoms with Crippen LogP contribution in [0, 0.1) is 19.3 Å². The molecule has 1 N–H and O–H groups in total. The second-order valence-electron chi connectivity index (χ2n) is 2.85. The van der Waals surface area contributed by atoms with E-state index in [0.29, 0.717) is 5.16 Å². The van der Waals surface area contributed by atoms with Crippen molar-refractivity contribution in [3.63, 3.8) is 0 Å². The highest BCUT2D eigenvalue weighted by molar-refractivity contribution is 7.99. The standard InChI is InChI=1S/C10H12N2OS/c1-3-4-5-6-14-10-11-8(2)7-9(13)12-10/h1,7H,4-6H2,2H3,(H,11,12,13). The number of nitrogens with one attached hydrogen (secondary N) is 1. The molecule has 0 saturated heterocycles. The van der Waals surface area contributed by atoms with E-state index in [1.165, 1.54) is 17.8 Å². The third-order valence-corrected chi connectivity index (χ3v) is 2.51. The van der Waals surface area contributed by atoms with Gasteiger partial charge in [-0.2, -0.15) is 0 Å². The average Bonchev–Trinajstić information content (AvgIpc) is 2.11. The van der Waals surface area contributed by atoms with E-state index in [1.54, 1.807) is 6.92 Å². The van der Waals surface area contributed by atoms with Crippen LogP contribution in [-0.2, 0) is 0 Å². The molecule has 0 radical (unpaired) electrons. The molecule has 0 aliphatic heterocycles. The molecule has 0 aliphatic rings. The van der Waals surface area contributed by atoms with Crippen molar-refractivity contribution < 1.29 is 0 Å². The van der Waals surface area contributed by atoms with E-state index >= 15 is 0 Å². The number of aromatic nitrogens is 2. The summed E-state index contributed by atoms with van der Waals surface area (Å²) >= 11 is 1.53. The Bertz CT molecular complexity index is 392. The summed E-state index contributed by atoms with van der Waals surface area (Å²) in [4.78, 5) is 17.9. The summed E-state index contributed by atoms with van der Waals surface area (Å²) in [6.07, 6.45) is 6.83. The highest BCUT2D eigenvalue weighted by atomic mass is 32.2. The van der Waals surface area contributed by atoms with Crippen LogP contribution in [-0.4, -0.2) is 15.7 Å². The number of rotatable bonds is 4. The minimum atomic E-state index is -0.100. The monoisotopic (exact) mass is 208 g/mol. The summed E-state index contributed by atoms with van der Waals surface area (Å²) < 4.78 is 0. The zero-order chi connectivity index (χ0) is 10.4. The molecule has 3 nitrogen and oxygen atoms in total. The Kier molecular flexibility index (Phi) is 4.27. The van der Waals surface area contributed by atoms with Crippen LogP contribution in [0.1, 0.15) is 18.5 Å². The molecule has 4 heteroatoms. The summed E-state index contributed by atoms with van der Waals surface area (Å²) in [6.45, 7) is 1.81. The Morgan fingerprint density at radius 3 is 3.14 bits per heavy atom. The molecule has 74 valence electrons. The number of aryl methyl sites for hydroxylation is 1. The lowest BCUT2D eigenvalue weighted by molar-refractivity contribution is 0.899. The van der Waals surface area contributed by atoms with Crippen molar-refractivity contribution in [3.05, 3.63) is 22.1 Å². The van der Waals surface area contributed by atoms with Crippen molar-refractivity contribution in [2.45, 2.75) is 24.9 Å². The lowest BCUT2D eigenvalue weighted by atomic mass is 10.4. The highest BCUT2D eigenvalue weighted by Crippen LogP contribution is 2.12. The fourth-order valence-electron chi connectivity index (χ4n) is 0.963. The van der Waals surface area contributed by atoms with E-state index in [0.717, 1.165) is 24.3 Å². The molecule has 0 spiro atoms. The molecule has 0 bridgehead atoms. The first-order valence-electron chi connectivity index (χ1n) is 4.36. The van der Waals surface area contributed by atoms with Gasteiger partial charge in [-0.1, -0.05) is 11.8 Å². The van der Waals surface area contributed by atoms with Crippen LogP contribution in [0.25, 0.3) is 0 Å². The van der Waals surface area contributed by atoms with Crippen LogP contribution in [0.2, 0.25) is 0 Å². The number of aromatic amines is 1. The first-order chi connectivity index (χ1) is 6.72. The summed E-state index contributed by atoms with van der Waals surface area (Å²) in [7, 11) is 0. The first-order valence-corrected chi connectivity index (χ1v) is 5.35. The number of nitrogens with zero attached hydrogens (tertiary/aromatic N) is 1. The number of H-pyrrole nitrogens is 1. The smallest absolute Gasteiger partial charge is 0.251 e. The number of thioether (sulfide) groups is 1. The first kappa shape index (κ1) is 10.9. The quantitative estimate of drug-likeness (QED) is 0.354. The molecule has 0 atom stereocenters. The second kappa shape index (κ2) is 5.51. The van der Waals surface area contributed by atoms with Crippen molar-refractivity contribution in [1.29, 1.82) is 0 Å². The normalized spacial score (nSPS) is 9.71. The minimum Gasteiger partial charge on any atom is -0.301 e. The van der Waals surface area contributed by atoms with Crippen molar-refractivity contribution in [2.75, 3.05) is 5.75 Å². The molecule has 0 amide bonds. The zero-order valence-corrected chi connectivity index (χ0v) is 8.86. The van der Waals surface area contributed by atoms with Gasteiger partial charge in [0, 0.05) is 23.9 Å². The zero-order valence-electron chi connectivity index (χ0n) is 8.04. The van der Waals surface area contributed by atoms with Gasteiger partial charge in [-0.3, -0.25) is 4.79 Å². The van der Waals surface area contributed by atoms with Gasteiger partial charge < -0.3 is 4.98 Å².